The van der Waals surface area contributed by atoms with Gasteiger partial charge in [0, 0.05) is 43.1 Å². The SMILES string of the molecule is O=C(c1ccccc1)N1C[C@@H]2CN(C(=O)c3cccs3)C[C@]2(CO)C1. The number of fused-ring (bicyclic) bond motifs is 1. The molecule has 2 amide bonds. The summed E-state index contributed by atoms with van der Waals surface area (Å²) in [6.07, 6.45) is 0. The molecule has 1 N–H and O–H groups in total. The third-order valence-electron chi connectivity index (χ3n) is 5.40. The maximum absolute atomic E-state index is 12.7. The Morgan fingerprint density at radius 3 is 2.28 bits per heavy atom. The fraction of sp³-hybridized carbons (Fsp3) is 0.368. The molecular weight excluding hydrogens is 336 g/mol. The third-order valence-corrected chi connectivity index (χ3v) is 6.26. The molecule has 0 radical (unpaired) electrons. The van der Waals surface area contributed by atoms with Crippen molar-refractivity contribution in [2.24, 2.45) is 11.3 Å². The first-order valence-corrected chi connectivity index (χ1v) is 9.29. The molecule has 0 saturated carbocycles. The first-order valence-electron chi connectivity index (χ1n) is 8.41. The molecular formula is C19H20N2O3S. The lowest BCUT2D eigenvalue weighted by Gasteiger charge is -2.27. The van der Waals surface area contributed by atoms with Crippen molar-refractivity contribution in [2.45, 2.75) is 0 Å². The molecule has 5 nitrogen and oxygen atoms in total. The number of aliphatic hydroxyl groups is 1. The van der Waals surface area contributed by atoms with Crippen LogP contribution in [0.15, 0.2) is 47.8 Å². The number of hydrogen-bond donors (Lipinski definition) is 1. The Bertz CT molecular complexity index is 777. The summed E-state index contributed by atoms with van der Waals surface area (Å²) in [5.41, 5.74) is 0.263. The molecule has 0 spiro atoms. The molecule has 2 fully saturated rings. The van der Waals surface area contributed by atoms with Gasteiger partial charge in [0.25, 0.3) is 11.8 Å². The Balaban J connectivity index is 1.50. The summed E-state index contributed by atoms with van der Waals surface area (Å²) in [4.78, 5) is 29.7. The molecule has 2 aliphatic heterocycles. The summed E-state index contributed by atoms with van der Waals surface area (Å²) in [6, 6.07) is 12.9. The number of likely N-dealkylation sites (tertiary alicyclic amines) is 2. The van der Waals surface area contributed by atoms with Crippen molar-refractivity contribution in [3.05, 3.63) is 58.3 Å². The smallest absolute Gasteiger partial charge is 0.263 e. The van der Waals surface area contributed by atoms with E-state index in [1.54, 1.807) is 0 Å². The summed E-state index contributed by atoms with van der Waals surface area (Å²) >= 11 is 1.44. The van der Waals surface area contributed by atoms with Gasteiger partial charge in [0.05, 0.1) is 11.5 Å². The van der Waals surface area contributed by atoms with Crippen LogP contribution in [0.2, 0.25) is 0 Å². The summed E-state index contributed by atoms with van der Waals surface area (Å²) in [5, 5.41) is 11.9. The highest BCUT2D eigenvalue weighted by Gasteiger charge is 2.54. The molecule has 4 rings (SSSR count). The fourth-order valence-electron chi connectivity index (χ4n) is 4.03. The molecule has 2 aromatic rings. The summed E-state index contributed by atoms with van der Waals surface area (Å²) in [5.74, 6) is 0.145. The van der Waals surface area contributed by atoms with E-state index in [4.69, 9.17) is 0 Å². The molecule has 130 valence electrons. The minimum Gasteiger partial charge on any atom is -0.396 e. The van der Waals surface area contributed by atoms with E-state index < -0.39 is 5.41 Å². The van der Waals surface area contributed by atoms with E-state index in [1.165, 1.54) is 11.3 Å². The van der Waals surface area contributed by atoms with E-state index in [-0.39, 0.29) is 24.3 Å². The second kappa shape index (κ2) is 6.28. The number of benzene rings is 1. The van der Waals surface area contributed by atoms with Gasteiger partial charge >= 0.3 is 0 Å². The number of rotatable bonds is 3. The fourth-order valence-corrected chi connectivity index (χ4v) is 4.72. The van der Waals surface area contributed by atoms with Crippen LogP contribution in [-0.2, 0) is 0 Å². The van der Waals surface area contributed by atoms with Crippen molar-refractivity contribution in [3.8, 4) is 0 Å². The van der Waals surface area contributed by atoms with E-state index in [2.05, 4.69) is 0 Å². The Labute approximate surface area is 150 Å². The van der Waals surface area contributed by atoms with Crippen LogP contribution >= 0.6 is 11.3 Å². The van der Waals surface area contributed by atoms with Gasteiger partial charge in [-0.15, -0.1) is 11.3 Å². The number of thiophene rings is 1. The first kappa shape index (κ1) is 16.3. The molecule has 0 bridgehead atoms. The molecule has 0 unspecified atom stereocenters. The maximum Gasteiger partial charge on any atom is 0.263 e. The highest BCUT2D eigenvalue weighted by molar-refractivity contribution is 7.12. The van der Waals surface area contributed by atoms with Crippen LogP contribution in [0.1, 0.15) is 20.0 Å². The van der Waals surface area contributed by atoms with Crippen LogP contribution in [0.5, 0.6) is 0 Å². The van der Waals surface area contributed by atoms with E-state index in [0.29, 0.717) is 31.7 Å². The topological polar surface area (TPSA) is 60.9 Å². The number of carbonyl (C=O) groups excluding carboxylic acids is 2. The van der Waals surface area contributed by atoms with Crippen molar-refractivity contribution in [2.75, 3.05) is 32.8 Å². The van der Waals surface area contributed by atoms with Gasteiger partial charge in [0.15, 0.2) is 0 Å². The lowest BCUT2D eigenvalue weighted by atomic mass is 9.82. The maximum atomic E-state index is 12.7. The molecule has 6 heteroatoms. The van der Waals surface area contributed by atoms with Crippen LogP contribution in [-0.4, -0.2) is 59.5 Å². The number of hydrogen-bond acceptors (Lipinski definition) is 4. The standard InChI is InChI=1S/C19H20N2O3S/c22-13-19-11-20(17(23)14-5-2-1-3-6-14)9-15(19)10-21(12-19)18(24)16-7-4-8-25-16/h1-8,15,22H,9-13H2/t15-,19+/m1/s1. The molecule has 0 aliphatic carbocycles. The molecule has 1 aromatic carbocycles. The van der Waals surface area contributed by atoms with Crippen LogP contribution in [0, 0.1) is 11.3 Å². The van der Waals surface area contributed by atoms with Crippen molar-refractivity contribution < 1.29 is 14.7 Å². The lowest BCUT2D eigenvalue weighted by molar-refractivity contribution is 0.0669. The molecule has 3 heterocycles. The minimum atomic E-state index is -0.405. The van der Waals surface area contributed by atoms with Gasteiger partial charge in [0.1, 0.15) is 0 Å². The van der Waals surface area contributed by atoms with Crippen LogP contribution in [0.25, 0.3) is 0 Å². The highest BCUT2D eigenvalue weighted by Crippen LogP contribution is 2.43. The molecule has 2 aliphatic rings. The monoisotopic (exact) mass is 356 g/mol. The normalized spacial score (nSPS) is 25.2. The Morgan fingerprint density at radius 2 is 1.72 bits per heavy atom. The number of amides is 2. The van der Waals surface area contributed by atoms with Crippen LogP contribution in [0.3, 0.4) is 0 Å². The second-order valence-corrected chi connectivity index (χ2v) is 7.88. The lowest BCUT2D eigenvalue weighted by Crippen LogP contribution is -2.40. The minimum absolute atomic E-state index is 0.000965. The molecule has 1 aromatic heterocycles. The average Bonchev–Trinajstić information content (AvgIpc) is 3.35. The van der Waals surface area contributed by atoms with Gasteiger partial charge in [-0.1, -0.05) is 24.3 Å². The van der Waals surface area contributed by atoms with E-state index >= 15 is 0 Å². The Kier molecular flexibility index (Phi) is 4.09. The van der Waals surface area contributed by atoms with Gasteiger partial charge in [-0.05, 0) is 23.6 Å². The van der Waals surface area contributed by atoms with E-state index in [9.17, 15) is 14.7 Å². The molecule has 2 atom stereocenters. The molecule has 2 saturated heterocycles. The van der Waals surface area contributed by atoms with Gasteiger partial charge in [-0.3, -0.25) is 9.59 Å². The number of nitrogens with zero attached hydrogens (tertiary/aromatic N) is 2. The zero-order valence-electron chi connectivity index (χ0n) is 13.8. The van der Waals surface area contributed by atoms with Gasteiger partial charge in [-0.25, -0.2) is 0 Å². The zero-order valence-corrected chi connectivity index (χ0v) is 14.6. The second-order valence-electron chi connectivity index (χ2n) is 6.93. The van der Waals surface area contributed by atoms with Gasteiger partial charge in [0.2, 0.25) is 0 Å². The predicted octanol–water partition coefficient (Wildman–Crippen LogP) is 1.95. The largest absolute Gasteiger partial charge is 0.396 e. The first-order chi connectivity index (χ1) is 12.1. The van der Waals surface area contributed by atoms with Crippen molar-refractivity contribution >= 4 is 23.2 Å². The Hall–Kier alpha value is -2.18. The highest BCUT2D eigenvalue weighted by atomic mass is 32.1. The summed E-state index contributed by atoms with van der Waals surface area (Å²) < 4.78 is 0. The van der Waals surface area contributed by atoms with Gasteiger partial charge in [-0.2, -0.15) is 0 Å². The van der Waals surface area contributed by atoms with Crippen molar-refractivity contribution in [1.29, 1.82) is 0 Å². The van der Waals surface area contributed by atoms with E-state index in [1.807, 2.05) is 57.6 Å². The predicted molar refractivity (Wildman–Crippen MR) is 95.6 cm³/mol. The summed E-state index contributed by atoms with van der Waals surface area (Å²) in [7, 11) is 0. The van der Waals surface area contributed by atoms with Crippen LogP contribution < -0.4 is 0 Å². The average molecular weight is 356 g/mol. The summed E-state index contributed by atoms with van der Waals surface area (Å²) in [6.45, 7) is 2.17. The Morgan fingerprint density at radius 1 is 1.04 bits per heavy atom. The van der Waals surface area contributed by atoms with Crippen LogP contribution in [0.4, 0.5) is 0 Å². The number of aliphatic hydroxyl groups excluding tert-OH is 1. The van der Waals surface area contributed by atoms with Gasteiger partial charge < -0.3 is 14.9 Å². The van der Waals surface area contributed by atoms with Crippen molar-refractivity contribution in [1.82, 2.24) is 9.80 Å². The van der Waals surface area contributed by atoms with Crippen molar-refractivity contribution in [3.63, 3.8) is 0 Å². The molecule has 25 heavy (non-hydrogen) atoms. The third kappa shape index (κ3) is 2.75. The number of carbonyl (C=O) groups is 2. The quantitative estimate of drug-likeness (QED) is 0.914. The zero-order chi connectivity index (χ0) is 17.4. The van der Waals surface area contributed by atoms with E-state index in [0.717, 1.165) is 4.88 Å².